The van der Waals surface area contributed by atoms with Crippen LogP contribution in [-0.2, 0) is 19.1 Å². The van der Waals surface area contributed by atoms with E-state index in [0.29, 0.717) is 25.4 Å². The molecule has 1 saturated heterocycles. The maximum atomic E-state index is 13.3. The van der Waals surface area contributed by atoms with E-state index < -0.39 is 29.7 Å². The lowest BCUT2D eigenvalue weighted by Crippen LogP contribution is -2.54. The van der Waals surface area contributed by atoms with Gasteiger partial charge >= 0.3 is 0 Å². The molecule has 11 nitrogen and oxygen atoms in total. The monoisotopic (exact) mass is 728 g/mol. The van der Waals surface area contributed by atoms with Crippen molar-refractivity contribution in [3.63, 3.8) is 0 Å². The van der Waals surface area contributed by atoms with Crippen molar-refractivity contribution in [3.05, 3.63) is 131 Å². The third-order valence-corrected chi connectivity index (χ3v) is 9.59. The number of hydrogen-bond acceptors (Lipinski definition) is 8. The summed E-state index contributed by atoms with van der Waals surface area (Å²) < 4.78 is 11.7. The van der Waals surface area contributed by atoms with Crippen molar-refractivity contribution >= 4 is 46.4 Å². The van der Waals surface area contributed by atoms with Crippen molar-refractivity contribution in [2.75, 3.05) is 45.3 Å². The van der Waals surface area contributed by atoms with Crippen LogP contribution < -0.4 is 15.4 Å². The van der Waals surface area contributed by atoms with Gasteiger partial charge in [-0.2, -0.15) is 0 Å². The molecule has 5 amide bonds. The normalized spacial score (nSPS) is 15.7. The smallest absolute Gasteiger partial charge is 0.264 e. The Morgan fingerprint density at radius 3 is 2.19 bits per heavy atom. The van der Waals surface area contributed by atoms with Gasteiger partial charge in [-0.1, -0.05) is 85.8 Å². The number of amides is 5. The van der Waals surface area contributed by atoms with E-state index in [1.165, 1.54) is 16.7 Å². The Balaban J connectivity index is 0.939. The number of hydrogen-bond donors (Lipinski definition) is 2. The number of nitrogens with one attached hydrogen (secondary N) is 2. The first kappa shape index (κ1) is 37.7. The Bertz CT molecular complexity index is 2030. The number of nitrogens with zero attached hydrogens (tertiary/aromatic N) is 2. The van der Waals surface area contributed by atoms with Crippen LogP contribution in [0.15, 0.2) is 103 Å². The number of carbonyl (C=O) groups is 5. The molecular formula is C43H44N4O7. The van der Waals surface area contributed by atoms with E-state index >= 15 is 0 Å². The standard InChI is InChI=1S/C43H44N4O7/c1-3-33(29-11-6-4-7-12-29)39(30-13-8-5-9-14-30)31-17-19-32(20-18-31)54-28-25-46(2)38(49)23-26-53-27-24-44-35-16-10-15-34-40(35)43(52)47(42(34)51)36-21-22-37(48)45-41(36)50/h4-20,36,44H,3,21-28H2,1-2H3,(H,45,48,50)/b39-33-. The number of imide groups is 2. The molecule has 278 valence electrons. The number of fused-ring (bicyclic) bond motifs is 1. The molecule has 0 aromatic heterocycles. The van der Waals surface area contributed by atoms with Crippen LogP contribution in [0.2, 0.25) is 0 Å². The van der Waals surface area contributed by atoms with E-state index in [0.717, 1.165) is 28.2 Å². The first-order valence-corrected chi connectivity index (χ1v) is 18.2. The highest BCUT2D eigenvalue weighted by atomic mass is 16.5. The maximum absolute atomic E-state index is 13.3. The Labute approximate surface area is 314 Å². The number of benzene rings is 4. The number of piperidine rings is 1. The molecule has 4 aromatic rings. The average molecular weight is 729 g/mol. The molecule has 2 aliphatic rings. The van der Waals surface area contributed by atoms with Gasteiger partial charge in [0.15, 0.2) is 0 Å². The van der Waals surface area contributed by atoms with Crippen LogP contribution in [0.4, 0.5) is 5.69 Å². The minimum Gasteiger partial charge on any atom is -0.492 e. The molecule has 11 heteroatoms. The number of likely N-dealkylation sites (N-methyl/N-ethyl adjacent to an activating group) is 1. The molecule has 6 rings (SSSR count). The molecule has 0 aliphatic carbocycles. The van der Waals surface area contributed by atoms with Crippen LogP contribution in [0.25, 0.3) is 11.1 Å². The third kappa shape index (κ3) is 8.58. The molecule has 1 fully saturated rings. The molecule has 0 spiro atoms. The SMILES string of the molecule is CC/C(=C(\c1ccccc1)c1ccc(OCCN(C)C(=O)CCOCCNc2cccc3c2C(=O)N(C2CCC(=O)NC2=O)C3=O)cc1)c1ccccc1. The lowest BCUT2D eigenvalue weighted by molar-refractivity contribution is -0.136. The second-order valence-corrected chi connectivity index (χ2v) is 13.1. The summed E-state index contributed by atoms with van der Waals surface area (Å²) in [5.74, 6) is -1.58. The Morgan fingerprint density at radius 2 is 1.50 bits per heavy atom. The average Bonchev–Trinajstić information content (AvgIpc) is 3.45. The van der Waals surface area contributed by atoms with Crippen LogP contribution in [0, 0.1) is 0 Å². The maximum Gasteiger partial charge on any atom is 0.264 e. The number of ether oxygens (including phenoxy) is 2. The Kier molecular flexibility index (Phi) is 12.3. The zero-order valence-corrected chi connectivity index (χ0v) is 30.5. The highest BCUT2D eigenvalue weighted by Crippen LogP contribution is 2.35. The van der Waals surface area contributed by atoms with Crippen molar-refractivity contribution in [2.45, 2.75) is 38.6 Å². The quantitative estimate of drug-likeness (QED) is 0.0839. The molecule has 2 N–H and O–H groups in total. The van der Waals surface area contributed by atoms with E-state index in [1.54, 1.807) is 30.1 Å². The van der Waals surface area contributed by atoms with Gasteiger partial charge in [-0.05, 0) is 64.9 Å². The lowest BCUT2D eigenvalue weighted by atomic mass is 9.88. The first-order valence-electron chi connectivity index (χ1n) is 18.2. The fourth-order valence-electron chi connectivity index (χ4n) is 6.80. The van der Waals surface area contributed by atoms with E-state index in [4.69, 9.17) is 9.47 Å². The number of carbonyl (C=O) groups excluding carboxylic acids is 5. The number of rotatable bonds is 16. The topological polar surface area (TPSA) is 134 Å². The highest BCUT2D eigenvalue weighted by molar-refractivity contribution is 6.25. The second kappa shape index (κ2) is 17.6. The van der Waals surface area contributed by atoms with Gasteiger partial charge in [0.1, 0.15) is 18.4 Å². The molecule has 2 aliphatic heterocycles. The summed E-state index contributed by atoms with van der Waals surface area (Å²) in [5, 5.41) is 5.33. The summed E-state index contributed by atoms with van der Waals surface area (Å²) in [6.45, 7) is 3.71. The largest absolute Gasteiger partial charge is 0.492 e. The van der Waals surface area contributed by atoms with Gasteiger partial charge in [-0.25, -0.2) is 0 Å². The fourth-order valence-corrected chi connectivity index (χ4v) is 6.80. The summed E-state index contributed by atoms with van der Waals surface area (Å²) in [4.78, 5) is 65.6. The summed E-state index contributed by atoms with van der Waals surface area (Å²) >= 11 is 0. The minimum absolute atomic E-state index is 0.0531. The fraction of sp³-hybridized carbons (Fsp3) is 0.279. The predicted molar refractivity (Wildman–Crippen MR) is 206 cm³/mol. The zero-order chi connectivity index (χ0) is 38.0. The Morgan fingerprint density at radius 1 is 0.815 bits per heavy atom. The van der Waals surface area contributed by atoms with Crippen LogP contribution in [0.5, 0.6) is 5.75 Å². The van der Waals surface area contributed by atoms with Gasteiger partial charge in [0.25, 0.3) is 11.8 Å². The van der Waals surface area contributed by atoms with Gasteiger partial charge in [-0.3, -0.25) is 34.2 Å². The summed E-state index contributed by atoms with van der Waals surface area (Å²) in [7, 11) is 1.73. The molecular weight excluding hydrogens is 684 g/mol. The minimum atomic E-state index is -1.03. The van der Waals surface area contributed by atoms with Gasteiger partial charge in [-0.15, -0.1) is 0 Å². The summed E-state index contributed by atoms with van der Waals surface area (Å²) in [5.41, 5.74) is 6.74. The third-order valence-electron chi connectivity index (χ3n) is 9.59. The molecule has 54 heavy (non-hydrogen) atoms. The predicted octanol–water partition coefficient (Wildman–Crippen LogP) is 5.81. The molecule has 1 unspecified atom stereocenters. The van der Waals surface area contributed by atoms with Crippen molar-refractivity contribution in [1.82, 2.24) is 15.1 Å². The molecule has 0 saturated carbocycles. The Hall–Kier alpha value is -6.07. The van der Waals surface area contributed by atoms with Crippen molar-refractivity contribution in [1.29, 1.82) is 0 Å². The van der Waals surface area contributed by atoms with Crippen molar-refractivity contribution in [2.24, 2.45) is 0 Å². The van der Waals surface area contributed by atoms with Crippen molar-refractivity contribution < 1.29 is 33.4 Å². The van der Waals surface area contributed by atoms with Crippen molar-refractivity contribution in [3.8, 4) is 5.75 Å². The van der Waals surface area contributed by atoms with Crippen LogP contribution >= 0.6 is 0 Å². The lowest BCUT2D eigenvalue weighted by Gasteiger charge is -2.27. The summed E-state index contributed by atoms with van der Waals surface area (Å²) in [6, 6.07) is 32.8. The van der Waals surface area contributed by atoms with Gasteiger partial charge in [0.05, 0.1) is 37.3 Å². The van der Waals surface area contributed by atoms with Crippen LogP contribution in [0.3, 0.4) is 0 Å². The number of anilines is 1. The van der Waals surface area contributed by atoms with Crippen LogP contribution in [-0.4, -0.2) is 85.3 Å². The molecule has 2 heterocycles. The van der Waals surface area contributed by atoms with E-state index in [-0.39, 0.29) is 49.5 Å². The van der Waals surface area contributed by atoms with Gasteiger partial charge in [0, 0.05) is 25.7 Å². The molecule has 0 radical (unpaired) electrons. The van der Waals surface area contributed by atoms with E-state index in [2.05, 4.69) is 78.2 Å². The zero-order valence-electron chi connectivity index (χ0n) is 30.5. The highest BCUT2D eigenvalue weighted by Gasteiger charge is 2.45. The molecule has 1 atom stereocenters. The van der Waals surface area contributed by atoms with Gasteiger partial charge in [0.2, 0.25) is 17.7 Å². The van der Waals surface area contributed by atoms with Gasteiger partial charge < -0.3 is 19.7 Å². The number of allylic oxidation sites excluding steroid dienone is 1. The second-order valence-electron chi connectivity index (χ2n) is 13.1. The molecule has 4 aromatic carbocycles. The van der Waals surface area contributed by atoms with Crippen LogP contribution in [0.1, 0.15) is 70.0 Å². The van der Waals surface area contributed by atoms with E-state index in [1.807, 2.05) is 24.3 Å². The first-order chi connectivity index (χ1) is 26.3. The van der Waals surface area contributed by atoms with E-state index in [9.17, 15) is 24.0 Å². The molecule has 0 bridgehead atoms. The summed E-state index contributed by atoms with van der Waals surface area (Å²) in [6.07, 6.45) is 1.21.